The lowest BCUT2D eigenvalue weighted by atomic mass is 10.1. The number of anilines is 2. The summed E-state index contributed by atoms with van der Waals surface area (Å²) in [7, 11) is 3.28. The first kappa shape index (κ1) is 21.4. The Morgan fingerprint density at radius 1 is 1.13 bits per heavy atom. The molecule has 3 rings (SSSR count). The van der Waals surface area contributed by atoms with Gasteiger partial charge in [-0.2, -0.15) is 18.2 Å². The van der Waals surface area contributed by atoms with Crippen LogP contribution in [0.1, 0.15) is 23.4 Å². The third kappa shape index (κ3) is 5.16. The molecule has 0 radical (unpaired) electrons. The molecule has 9 heteroatoms. The molecular weight excluding hydrogens is 397 g/mol. The Morgan fingerprint density at radius 2 is 1.83 bits per heavy atom. The Labute approximate surface area is 171 Å². The van der Waals surface area contributed by atoms with Crippen LogP contribution in [0.4, 0.5) is 24.5 Å². The minimum absolute atomic E-state index is 0.0950. The molecule has 0 saturated heterocycles. The van der Waals surface area contributed by atoms with Crippen molar-refractivity contribution in [2.45, 2.75) is 25.9 Å². The van der Waals surface area contributed by atoms with E-state index in [1.54, 1.807) is 19.0 Å². The van der Waals surface area contributed by atoms with Gasteiger partial charge in [-0.3, -0.25) is 4.79 Å². The van der Waals surface area contributed by atoms with Gasteiger partial charge in [0.2, 0.25) is 17.6 Å². The predicted octanol–water partition coefficient (Wildman–Crippen LogP) is 4.70. The number of carbonyl (C=O) groups excluding carboxylic acids is 1. The van der Waals surface area contributed by atoms with Gasteiger partial charge in [0.15, 0.2) is 0 Å². The van der Waals surface area contributed by atoms with Gasteiger partial charge in [0, 0.05) is 38.2 Å². The zero-order chi connectivity index (χ0) is 21.9. The number of benzene rings is 2. The Balaban J connectivity index is 1.66. The summed E-state index contributed by atoms with van der Waals surface area (Å²) in [6, 6.07) is 11.3. The van der Waals surface area contributed by atoms with Gasteiger partial charge in [0.05, 0.1) is 11.3 Å². The first-order valence-corrected chi connectivity index (χ1v) is 9.21. The summed E-state index contributed by atoms with van der Waals surface area (Å²) in [6.07, 6.45) is -4.58. The SMILES string of the molecule is Cc1ccc(-c2noc(CCC(=O)Nc3ccc(N(C)C)cc3C(F)(F)F)n2)cc1. The van der Waals surface area contributed by atoms with Crippen molar-refractivity contribution < 1.29 is 22.5 Å². The van der Waals surface area contributed by atoms with Gasteiger partial charge in [-0.15, -0.1) is 0 Å². The number of amides is 1. The van der Waals surface area contributed by atoms with E-state index in [-0.39, 0.29) is 24.4 Å². The Bertz CT molecular complexity index is 1030. The van der Waals surface area contributed by atoms with Crippen LogP contribution in [0.2, 0.25) is 0 Å². The lowest BCUT2D eigenvalue weighted by Gasteiger charge is -2.18. The summed E-state index contributed by atoms with van der Waals surface area (Å²) < 4.78 is 45.3. The molecule has 0 aliphatic rings. The van der Waals surface area contributed by atoms with Gasteiger partial charge < -0.3 is 14.7 Å². The maximum Gasteiger partial charge on any atom is 0.418 e. The van der Waals surface area contributed by atoms with Crippen LogP contribution < -0.4 is 10.2 Å². The molecule has 1 N–H and O–H groups in total. The topological polar surface area (TPSA) is 71.3 Å². The van der Waals surface area contributed by atoms with Crippen LogP contribution >= 0.6 is 0 Å². The lowest BCUT2D eigenvalue weighted by molar-refractivity contribution is -0.136. The van der Waals surface area contributed by atoms with Gasteiger partial charge in [-0.25, -0.2) is 0 Å². The molecule has 0 unspecified atom stereocenters. The maximum atomic E-state index is 13.4. The molecule has 0 aliphatic heterocycles. The second-order valence-corrected chi connectivity index (χ2v) is 7.05. The van der Waals surface area contributed by atoms with Crippen molar-refractivity contribution in [2.24, 2.45) is 0 Å². The van der Waals surface area contributed by atoms with Crippen LogP contribution in [-0.2, 0) is 17.4 Å². The van der Waals surface area contributed by atoms with E-state index in [1.807, 2.05) is 31.2 Å². The van der Waals surface area contributed by atoms with E-state index in [0.717, 1.165) is 17.2 Å². The fourth-order valence-corrected chi connectivity index (χ4v) is 2.76. The third-order valence-electron chi connectivity index (χ3n) is 4.44. The van der Waals surface area contributed by atoms with Crippen molar-refractivity contribution in [1.29, 1.82) is 0 Å². The van der Waals surface area contributed by atoms with Crippen molar-refractivity contribution in [3.63, 3.8) is 0 Å². The number of hydrogen-bond donors (Lipinski definition) is 1. The lowest BCUT2D eigenvalue weighted by Crippen LogP contribution is -2.18. The smallest absolute Gasteiger partial charge is 0.378 e. The molecule has 1 aromatic heterocycles. The molecule has 3 aromatic rings. The van der Waals surface area contributed by atoms with E-state index in [2.05, 4.69) is 15.5 Å². The molecule has 1 heterocycles. The molecular formula is C21H21F3N4O2. The van der Waals surface area contributed by atoms with Crippen LogP contribution in [0.5, 0.6) is 0 Å². The highest BCUT2D eigenvalue weighted by Gasteiger charge is 2.34. The first-order valence-electron chi connectivity index (χ1n) is 9.21. The number of carbonyl (C=O) groups is 1. The number of alkyl halides is 3. The van der Waals surface area contributed by atoms with Gasteiger partial charge in [-0.05, 0) is 25.1 Å². The minimum atomic E-state index is -4.59. The van der Waals surface area contributed by atoms with Crippen LogP contribution in [0.25, 0.3) is 11.4 Å². The van der Waals surface area contributed by atoms with E-state index < -0.39 is 17.6 Å². The normalized spacial score (nSPS) is 11.4. The molecule has 6 nitrogen and oxygen atoms in total. The summed E-state index contributed by atoms with van der Waals surface area (Å²) in [6.45, 7) is 1.96. The fraction of sp³-hybridized carbons (Fsp3) is 0.286. The molecule has 0 atom stereocenters. The van der Waals surface area contributed by atoms with E-state index in [1.165, 1.54) is 12.1 Å². The number of aryl methyl sites for hydroxylation is 2. The van der Waals surface area contributed by atoms with Crippen LogP contribution in [0.15, 0.2) is 47.0 Å². The number of rotatable bonds is 6. The first-order chi connectivity index (χ1) is 14.1. The average molecular weight is 418 g/mol. The van der Waals surface area contributed by atoms with Crippen LogP contribution in [-0.4, -0.2) is 30.1 Å². The van der Waals surface area contributed by atoms with Crippen LogP contribution in [0.3, 0.4) is 0 Å². The summed E-state index contributed by atoms with van der Waals surface area (Å²) in [5.41, 5.74) is 1.06. The largest absolute Gasteiger partial charge is 0.418 e. The molecule has 0 fully saturated rings. The fourth-order valence-electron chi connectivity index (χ4n) is 2.76. The molecule has 1 amide bonds. The quantitative estimate of drug-likeness (QED) is 0.628. The van der Waals surface area contributed by atoms with E-state index in [0.29, 0.717) is 11.5 Å². The number of nitrogens with one attached hydrogen (secondary N) is 1. The van der Waals surface area contributed by atoms with Gasteiger partial charge in [0.1, 0.15) is 0 Å². The van der Waals surface area contributed by atoms with E-state index >= 15 is 0 Å². The second kappa shape index (κ2) is 8.56. The predicted molar refractivity (Wildman–Crippen MR) is 107 cm³/mol. The highest BCUT2D eigenvalue weighted by molar-refractivity contribution is 5.92. The molecule has 0 bridgehead atoms. The molecule has 2 aromatic carbocycles. The van der Waals surface area contributed by atoms with Crippen molar-refractivity contribution in [3.8, 4) is 11.4 Å². The molecule has 0 saturated carbocycles. The Morgan fingerprint density at radius 3 is 2.47 bits per heavy atom. The maximum absolute atomic E-state index is 13.4. The summed E-state index contributed by atoms with van der Waals surface area (Å²) >= 11 is 0. The van der Waals surface area contributed by atoms with Crippen molar-refractivity contribution >= 4 is 17.3 Å². The van der Waals surface area contributed by atoms with E-state index in [9.17, 15) is 18.0 Å². The Hall–Kier alpha value is -3.36. The highest BCUT2D eigenvalue weighted by Crippen LogP contribution is 2.37. The summed E-state index contributed by atoms with van der Waals surface area (Å²) in [5, 5.41) is 6.21. The summed E-state index contributed by atoms with van der Waals surface area (Å²) in [5.74, 6) is 0.0527. The summed E-state index contributed by atoms with van der Waals surface area (Å²) in [4.78, 5) is 18.0. The average Bonchev–Trinajstić information content (AvgIpc) is 3.15. The van der Waals surface area contributed by atoms with Gasteiger partial charge in [-0.1, -0.05) is 35.0 Å². The zero-order valence-electron chi connectivity index (χ0n) is 16.7. The number of halogens is 3. The van der Waals surface area contributed by atoms with Crippen molar-refractivity contribution in [1.82, 2.24) is 10.1 Å². The Kier molecular flexibility index (Phi) is 6.09. The monoisotopic (exact) mass is 418 g/mol. The zero-order valence-corrected chi connectivity index (χ0v) is 16.7. The standard InChI is InChI=1S/C21H21F3N4O2/c1-13-4-6-14(7-5-13)20-26-19(30-27-20)11-10-18(29)25-17-9-8-15(28(2)3)12-16(17)21(22,23)24/h4-9,12H,10-11H2,1-3H3,(H,25,29). The number of aromatic nitrogens is 2. The van der Waals surface area contributed by atoms with Gasteiger partial charge in [0.25, 0.3) is 0 Å². The number of nitrogens with zero attached hydrogens (tertiary/aromatic N) is 3. The van der Waals surface area contributed by atoms with Crippen LogP contribution in [0, 0.1) is 6.92 Å². The van der Waals surface area contributed by atoms with Gasteiger partial charge >= 0.3 is 6.18 Å². The second-order valence-electron chi connectivity index (χ2n) is 7.05. The third-order valence-corrected chi connectivity index (χ3v) is 4.44. The molecule has 0 spiro atoms. The minimum Gasteiger partial charge on any atom is -0.378 e. The highest BCUT2D eigenvalue weighted by atomic mass is 19.4. The molecule has 30 heavy (non-hydrogen) atoms. The van der Waals surface area contributed by atoms with E-state index in [4.69, 9.17) is 4.52 Å². The van der Waals surface area contributed by atoms with Crippen molar-refractivity contribution in [2.75, 3.05) is 24.3 Å². The molecule has 158 valence electrons. The number of hydrogen-bond acceptors (Lipinski definition) is 5. The van der Waals surface area contributed by atoms with Crippen molar-refractivity contribution in [3.05, 3.63) is 59.5 Å². The molecule has 0 aliphatic carbocycles.